The van der Waals surface area contributed by atoms with Crippen molar-refractivity contribution in [2.75, 3.05) is 5.75 Å². The molecule has 108 valence electrons. The van der Waals surface area contributed by atoms with Gasteiger partial charge >= 0.3 is 0 Å². The van der Waals surface area contributed by atoms with Crippen molar-refractivity contribution < 1.29 is 5.11 Å². The Kier molecular flexibility index (Phi) is 4.30. The SMILES string of the molecule is O[C@H](CSc1ncnc2nc[nH]c12)c1ccc(Cl)cc1Cl. The molecule has 0 spiro atoms. The number of aromatic nitrogens is 4. The van der Waals surface area contributed by atoms with Crippen molar-refractivity contribution in [2.24, 2.45) is 0 Å². The Hall–Kier alpha value is -1.34. The number of aromatic amines is 1. The molecule has 0 aliphatic carbocycles. The van der Waals surface area contributed by atoms with Crippen molar-refractivity contribution in [1.82, 2.24) is 19.9 Å². The van der Waals surface area contributed by atoms with Gasteiger partial charge in [0.1, 0.15) is 16.9 Å². The minimum absolute atomic E-state index is 0.409. The van der Waals surface area contributed by atoms with Crippen molar-refractivity contribution in [1.29, 1.82) is 0 Å². The van der Waals surface area contributed by atoms with Crippen LogP contribution in [0.1, 0.15) is 11.7 Å². The molecule has 0 aliphatic rings. The van der Waals surface area contributed by atoms with Crippen molar-refractivity contribution in [3.05, 3.63) is 46.5 Å². The van der Waals surface area contributed by atoms with Crippen molar-refractivity contribution in [3.63, 3.8) is 0 Å². The van der Waals surface area contributed by atoms with Crippen LogP contribution in [0.3, 0.4) is 0 Å². The third-order valence-electron chi connectivity index (χ3n) is 2.89. The number of hydrogen-bond acceptors (Lipinski definition) is 5. The van der Waals surface area contributed by atoms with Gasteiger partial charge in [-0.05, 0) is 12.1 Å². The maximum atomic E-state index is 10.3. The summed E-state index contributed by atoms with van der Waals surface area (Å²) >= 11 is 13.3. The Morgan fingerprint density at radius 3 is 2.90 bits per heavy atom. The number of rotatable bonds is 4. The van der Waals surface area contributed by atoms with E-state index in [9.17, 15) is 5.11 Å². The number of halogens is 2. The molecule has 2 aromatic heterocycles. The van der Waals surface area contributed by atoms with Crippen LogP contribution in [0.5, 0.6) is 0 Å². The van der Waals surface area contributed by atoms with E-state index in [1.807, 2.05) is 0 Å². The predicted octanol–water partition coefficient (Wildman–Crippen LogP) is 3.49. The van der Waals surface area contributed by atoms with Gasteiger partial charge in [-0.2, -0.15) is 0 Å². The normalized spacial score (nSPS) is 12.7. The highest BCUT2D eigenvalue weighted by Gasteiger charge is 2.14. The molecule has 0 radical (unpaired) electrons. The predicted molar refractivity (Wildman–Crippen MR) is 83.8 cm³/mol. The molecule has 0 unspecified atom stereocenters. The minimum Gasteiger partial charge on any atom is -0.387 e. The molecule has 3 rings (SSSR count). The summed E-state index contributed by atoms with van der Waals surface area (Å²) in [4.78, 5) is 15.3. The number of nitrogens with zero attached hydrogens (tertiary/aromatic N) is 3. The highest BCUT2D eigenvalue weighted by molar-refractivity contribution is 7.99. The van der Waals surface area contributed by atoms with Crippen LogP contribution in [0.4, 0.5) is 0 Å². The van der Waals surface area contributed by atoms with Crippen molar-refractivity contribution in [2.45, 2.75) is 11.1 Å². The van der Waals surface area contributed by atoms with Crippen molar-refractivity contribution >= 4 is 46.1 Å². The van der Waals surface area contributed by atoms with Crippen LogP contribution in [0.2, 0.25) is 10.0 Å². The Labute approximate surface area is 134 Å². The molecule has 3 aromatic rings. The summed E-state index contributed by atoms with van der Waals surface area (Å²) < 4.78 is 0. The second-order valence-corrected chi connectivity index (χ2v) is 6.12. The standard InChI is InChI=1S/C13H10Cl2N4OS/c14-7-1-2-8(9(15)3-7)10(20)4-21-13-11-12(17-5-16-11)18-6-19-13/h1-3,5-6,10,20H,4H2,(H,16,17,18,19)/t10-/m1/s1. The highest BCUT2D eigenvalue weighted by atomic mass is 35.5. The number of benzene rings is 1. The molecule has 2 N–H and O–H groups in total. The van der Waals surface area contributed by atoms with Crippen LogP contribution >= 0.6 is 35.0 Å². The molecule has 0 bridgehead atoms. The van der Waals surface area contributed by atoms with E-state index in [1.54, 1.807) is 24.5 Å². The first-order valence-corrected chi connectivity index (χ1v) is 7.79. The summed E-state index contributed by atoms with van der Waals surface area (Å²) in [6.07, 6.45) is 2.30. The Bertz CT molecular complexity index is 780. The molecule has 2 heterocycles. The van der Waals surface area contributed by atoms with Gasteiger partial charge in [-0.15, -0.1) is 11.8 Å². The summed E-state index contributed by atoms with van der Waals surface area (Å²) in [6.45, 7) is 0. The molecule has 1 atom stereocenters. The van der Waals surface area contributed by atoms with Gasteiger partial charge < -0.3 is 10.1 Å². The van der Waals surface area contributed by atoms with Crippen LogP contribution < -0.4 is 0 Å². The number of imidazole rings is 1. The van der Waals surface area contributed by atoms with Gasteiger partial charge in [0.25, 0.3) is 0 Å². The van der Waals surface area contributed by atoms with Crippen LogP contribution in [0.25, 0.3) is 11.2 Å². The van der Waals surface area contributed by atoms with E-state index in [0.29, 0.717) is 27.0 Å². The van der Waals surface area contributed by atoms with E-state index < -0.39 is 6.10 Å². The molecular weight excluding hydrogens is 331 g/mol. The Balaban J connectivity index is 1.76. The number of fused-ring (bicyclic) bond motifs is 1. The third-order valence-corrected chi connectivity index (χ3v) is 4.52. The van der Waals surface area contributed by atoms with E-state index in [2.05, 4.69) is 19.9 Å². The average molecular weight is 341 g/mol. The van der Waals surface area contributed by atoms with Gasteiger partial charge in [0.2, 0.25) is 0 Å². The van der Waals surface area contributed by atoms with E-state index >= 15 is 0 Å². The van der Waals surface area contributed by atoms with Gasteiger partial charge in [-0.1, -0.05) is 29.3 Å². The smallest absolute Gasteiger partial charge is 0.181 e. The fourth-order valence-corrected chi connectivity index (χ4v) is 3.32. The number of hydrogen-bond donors (Lipinski definition) is 2. The number of thioether (sulfide) groups is 1. The summed E-state index contributed by atoms with van der Waals surface area (Å²) in [5.41, 5.74) is 2.01. The summed E-state index contributed by atoms with van der Waals surface area (Å²) in [6, 6.07) is 5.04. The summed E-state index contributed by atoms with van der Waals surface area (Å²) in [5.74, 6) is 0.409. The average Bonchev–Trinajstić information content (AvgIpc) is 2.93. The van der Waals surface area contributed by atoms with Crippen LogP contribution in [-0.2, 0) is 0 Å². The van der Waals surface area contributed by atoms with Crippen LogP contribution in [0.15, 0.2) is 35.9 Å². The first-order chi connectivity index (χ1) is 10.1. The van der Waals surface area contributed by atoms with E-state index in [0.717, 1.165) is 10.5 Å². The van der Waals surface area contributed by atoms with Crippen molar-refractivity contribution in [3.8, 4) is 0 Å². The molecule has 0 aliphatic heterocycles. The fraction of sp³-hybridized carbons (Fsp3) is 0.154. The van der Waals surface area contributed by atoms with E-state index in [4.69, 9.17) is 23.2 Å². The van der Waals surface area contributed by atoms with E-state index in [1.165, 1.54) is 18.1 Å². The topological polar surface area (TPSA) is 74.7 Å². The maximum Gasteiger partial charge on any atom is 0.181 e. The van der Waals surface area contributed by atoms with Gasteiger partial charge in [0, 0.05) is 21.4 Å². The lowest BCUT2D eigenvalue weighted by Crippen LogP contribution is -2.02. The van der Waals surface area contributed by atoms with Crippen LogP contribution in [-0.4, -0.2) is 30.8 Å². The molecular formula is C13H10Cl2N4OS. The first kappa shape index (κ1) is 14.6. The second kappa shape index (κ2) is 6.19. The molecule has 0 amide bonds. The summed E-state index contributed by atoms with van der Waals surface area (Å²) in [7, 11) is 0. The van der Waals surface area contributed by atoms with Gasteiger partial charge in [-0.25, -0.2) is 15.0 Å². The molecule has 0 saturated carbocycles. The number of H-pyrrole nitrogens is 1. The monoisotopic (exact) mass is 340 g/mol. The molecule has 21 heavy (non-hydrogen) atoms. The van der Waals surface area contributed by atoms with Crippen LogP contribution in [0, 0.1) is 0 Å². The number of aliphatic hydroxyl groups excluding tert-OH is 1. The number of nitrogens with one attached hydrogen (secondary N) is 1. The number of aliphatic hydroxyl groups is 1. The van der Waals surface area contributed by atoms with Gasteiger partial charge in [0.15, 0.2) is 5.65 Å². The molecule has 0 saturated heterocycles. The van der Waals surface area contributed by atoms with Gasteiger partial charge in [-0.3, -0.25) is 0 Å². The quantitative estimate of drug-likeness (QED) is 0.561. The molecule has 5 nitrogen and oxygen atoms in total. The third kappa shape index (κ3) is 3.13. The summed E-state index contributed by atoms with van der Waals surface area (Å²) in [5, 5.41) is 12.0. The Morgan fingerprint density at radius 1 is 1.24 bits per heavy atom. The molecule has 1 aromatic carbocycles. The lowest BCUT2D eigenvalue weighted by molar-refractivity contribution is 0.204. The fourth-order valence-electron chi connectivity index (χ4n) is 1.87. The lowest BCUT2D eigenvalue weighted by Gasteiger charge is -2.12. The zero-order valence-electron chi connectivity index (χ0n) is 10.6. The minimum atomic E-state index is -0.715. The zero-order valence-corrected chi connectivity index (χ0v) is 13.0. The van der Waals surface area contributed by atoms with Gasteiger partial charge in [0.05, 0.1) is 12.4 Å². The zero-order chi connectivity index (χ0) is 14.8. The second-order valence-electron chi connectivity index (χ2n) is 4.27. The highest BCUT2D eigenvalue weighted by Crippen LogP contribution is 2.31. The van der Waals surface area contributed by atoms with E-state index in [-0.39, 0.29) is 0 Å². The molecule has 8 heteroatoms. The maximum absolute atomic E-state index is 10.3. The largest absolute Gasteiger partial charge is 0.387 e. The lowest BCUT2D eigenvalue weighted by atomic mass is 10.1. The first-order valence-electron chi connectivity index (χ1n) is 6.05. The Morgan fingerprint density at radius 2 is 2.10 bits per heavy atom. The molecule has 0 fully saturated rings.